The minimum atomic E-state index is -0.0336. The number of carbonyl (C=O) groups is 1. The van der Waals surface area contributed by atoms with Gasteiger partial charge in [-0.3, -0.25) is 4.79 Å². The van der Waals surface area contributed by atoms with Gasteiger partial charge in [-0.05, 0) is 30.7 Å². The van der Waals surface area contributed by atoms with Crippen LogP contribution in [0, 0.1) is 0 Å². The van der Waals surface area contributed by atoms with Crippen molar-refractivity contribution in [2.24, 2.45) is 0 Å². The lowest BCUT2D eigenvalue weighted by molar-refractivity contribution is 0.0828. The molecule has 1 saturated heterocycles. The number of hydrogen-bond donors (Lipinski definition) is 1. The van der Waals surface area contributed by atoms with Crippen molar-refractivity contribution < 1.29 is 9.53 Å². The number of rotatable bonds is 7. The molecule has 0 atom stereocenters. The van der Waals surface area contributed by atoms with Crippen LogP contribution < -0.4 is 19.9 Å². The molecule has 0 spiro atoms. The Kier molecular flexibility index (Phi) is 7.42. The maximum Gasteiger partial charge on any atom is 0.259 e. The molecule has 1 aliphatic heterocycles. The standard InChI is InChI=1S/C22H30BrN5O2/c1-5-9-24-21-20(22(29)26(2)3)18(8-10-25-21)28-13-11-27(12-14-28)17-7-6-16(23)15-19(17)30-4/h6-8,10,15H,5,9,11-14H2,1-4H3,(H,24,25). The van der Waals surface area contributed by atoms with Crippen molar-refractivity contribution in [1.29, 1.82) is 0 Å². The van der Waals surface area contributed by atoms with Gasteiger partial charge in [-0.2, -0.15) is 0 Å². The first-order valence-electron chi connectivity index (χ1n) is 10.2. The van der Waals surface area contributed by atoms with Crippen LogP contribution in [-0.2, 0) is 0 Å². The number of anilines is 3. The van der Waals surface area contributed by atoms with Crippen molar-refractivity contribution in [3.8, 4) is 5.75 Å². The van der Waals surface area contributed by atoms with E-state index in [1.807, 2.05) is 18.2 Å². The van der Waals surface area contributed by atoms with Crippen molar-refractivity contribution in [3.05, 3.63) is 40.5 Å². The lowest BCUT2D eigenvalue weighted by Crippen LogP contribution is -2.47. The minimum Gasteiger partial charge on any atom is -0.495 e. The van der Waals surface area contributed by atoms with Gasteiger partial charge < -0.3 is 24.8 Å². The third kappa shape index (κ3) is 4.80. The molecule has 1 N–H and O–H groups in total. The third-order valence-electron chi connectivity index (χ3n) is 5.19. The number of methoxy groups -OCH3 is 1. The highest BCUT2D eigenvalue weighted by Crippen LogP contribution is 2.33. The number of pyridine rings is 1. The number of halogens is 1. The zero-order valence-corrected chi connectivity index (χ0v) is 19.7. The van der Waals surface area contributed by atoms with E-state index in [4.69, 9.17) is 4.74 Å². The van der Waals surface area contributed by atoms with E-state index in [0.717, 1.165) is 60.7 Å². The van der Waals surface area contributed by atoms with Gasteiger partial charge in [-0.1, -0.05) is 22.9 Å². The zero-order valence-electron chi connectivity index (χ0n) is 18.1. The summed E-state index contributed by atoms with van der Waals surface area (Å²) in [6.07, 6.45) is 2.75. The molecule has 8 heteroatoms. The van der Waals surface area contributed by atoms with Gasteiger partial charge in [0.25, 0.3) is 5.91 Å². The summed E-state index contributed by atoms with van der Waals surface area (Å²) in [5, 5.41) is 3.32. The molecule has 2 aromatic rings. The SMILES string of the molecule is CCCNc1nccc(N2CCN(c3ccc(Br)cc3OC)CC2)c1C(=O)N(C)C. The van der Waals surface area contributed by atoms with Gasteiger partial charge in [0.05, 0.1) is 18.5 Å². The van der Waals surface area contributed by atoms with Gasteiger partial charge in [-0.25, -0.2) is 4.98 Å². The molecule has 1 aromatic carbocycles. The van der Waals surface area contributed by atoms with E-state index < -0.39 is 0 Å². The van der Waals surface area contributed by atoms with Crippen molar-refractivity contribution in [1.82, 2.24) is 9.88 Å². The molecule has 1 aliphatic rings. The van der Waals surface area contributed by atoms with Crippen LogP contribution in [0.2, 0.25) is 0 Å². The van der Waals surface area contributed by atoms with Gasteiger partial charge in [0.1, 0.15) is 17.1 Å². The average Bonchev–Trinajstić information content (AvgIpc) is 2.76. The van der Waals surface area contributed by atoms with Gasteiger partial charge in [0.15, 0.2) is 0 Å². The molecular weight excluding hydrogens is 446 g/mol. The van der Waals surface area contributed by atoms with E-state index in [0.29, 0.717) is 11.4 Å². The van der Waals surface area contributed by atoms with E-state index in [1.54, 1.807) is 32.3 Å². The molecule has 2 heterocycles. The zero-order chi connectivity index (χ0) is 21.7. The van der Waals surface area contributed by atoms with Crippen molar-refractivity contribution >= 4 is 39.0 Å². The summed E-state index contributed by atoms with van der Waals surface area (Å²) < 4.78 is 6.57. The Morgan fingerprint density at radius 1 is 1.17 bits per heavy atom. The topological polar surface area (TPSA) is 60.9 Å². The molecule has 1 aromatic heterocycles. The highest BCUT2D eigenvalue weighted by Gasteiger charge is 2.26. The molecule has 0 aliphatic carbocycles. The molecule has 0 saturated carbocycles. The van der Waals surface area contributed by atoms with E-state index in [-0.39, 0.29) is 5.91 Å². The van der Waals surface area contributed by atoms with Gasteiger partial charge >= 0.3 is 0 Å². The summed E-state index contributed by atoms with van der Waals surface area (Å²) in [7, 11) is 5.25. The number of piperazine rings is 1. The second-order valence-electron chi connectivity index (χ2n) is 7.47. The first kappa shape index (κ1) is 22.2. The second kappa shape index (κ2) is 10.0. The molecule has 3 rings (SSSR count). The molecule has 7 nitrogen and oxygen atoms in total. The van der Waals surface area contributed by atoms with Crippen LogP contribution in [0.15, 0.2) is 34.9 Å². The Morgan fingerprint density at radius 3 is 2.43 bits per heavy atom. The predicted molar refractivity (Wildman–Crippen MR) is 126 cm³/mol. The maximum atomic E-state index is 13.0. The van der Waals surface area contributed by atoms with Crippen LogP contribution >= 0.6 is 15.9 Å². The number of hydrogen-bond acceptors (Lipinski definition) is 6. The number of nitrogens with one attached hydrogen (secondary N) is 1. The van der Waals surface area contributed by atoms with Crippen LogP contribution in [-0.4, -0.2) is 69.7 Å². The molecule has 30 heavy (non-hydrogen) atoms. The Hall–Kier alpha value is -2.48. The number of aromatic nitrogens is 1. The number of carbonyl (C=O) groups excluding carboxylic acids is 1. The lowest BCUT2D eigenvalue weighted by atomic mass is 10.1. The van der Waals surface area contributed by atoms with Crippen LogP contribution in [0.5, 0.6) is 5.75 Å². The number of benzene rings is 1. The Balaban J connectivity index is 1.84. The fourth-order valence-corrected chi connectivity index (χ4v) is 3.97. The quantitative estimate of drug-likeness (QED) is 0.658. The lowest BCUT2D eigenvalue weighted by Gasteiger charge is -2.38. The Bertz CT molecular complexity index is 882. The highest BCUT2D eigenvalue weighted by molar-refractivity contribution is 9.10. The van der Waals surface area contributed by atoms with Gasteiger partial charge in [-0.15, -0.1) is 0 Å². The fourth-order valence-electron chi connectivity index (χ4n) is 3.63. The van der Waals surface area contributed by atoms with Crippen LogP contribution in [0.25, 0.3) is 0 Å². The van der Waals surface area contributed by atoms with Gasteiger partial charge in [0, 0.05) is 57.5 Å². The first-order chi connectivity index (χ1) is 14.5. The van der Waals surface area contributed by atoms with Crippen LogP contribution in [0.4, 0.5) is 17.2 Å². The summed E-state index contributed by atoms with van der Waals surface area (Å²) in [4.78, 5) is 23.6. The maximum absolute atomic E-state index is 13.0. The molecule has 162 valence electrons. The van der Waals surface area contributed by atoms with E-state index in [9.17, 15) is 4.79 Å². The van der Waals surface area contributed by atoms with Gasteiger partial charge in [0.2, 0.25) is 0 Å². The number of amides is 1. The van der Waals surface area contributed by atoms with E-state index in [2.05, 4.69) is 49.0 Å². The Labute approximate surface area is 187 Å². The van der Waals surface area contributed by atoms with E-state index >= 15 is 0 Å². The van der Waals surface area contributed by atoms with Crippen molar-refractivity contribution in [2.75, 3.05) is 69.0 Å². The summed E-state index contributed by atoms with van der Waals surface area (Å²) in [5.74, 6) is 1.48. The monoisotopic (exact) mass is 475 g/mol. The van der Waals surface area contributed by atoms with Crippen LogP contribution in [0.3, 0.4) is 0 Å². The highest BCUT2D eigenvalue weighted by atomic mass is 79.9. The summed E-state index contributed by atoms with van der Waals surface area (Å²) in [6.45, 7) is 6.18. The normalized spacial score (nSPS) is 13.9. The van der Waals surface area contributed by atoms with Crippen LogP contribution in [0.1, 0.15) is 23.7 Å². The number of ether oxygens (including phenoxy) is 1. The molecule has 0 unspecified atom stereocenters. The van der Waals surface area contributed by atoms with E-state index in [1.165, 1.54) is 0 Å². The van der Waals surface area contributed by atoms with Crippen molar-refractivity contribution in [2.45, 2.75) is 13.3 Å². The fraction of sp³-hybridized carbons (Fsp3) is 0.455. The molecule has 1 fully saturated rings. The molecule has 0 bridgehead atoms. The second-order valence-corrected chi connectivity index (χ2v) is 8.39. The predicted octanol–water partition coefficient (Wildman–Crippen LogP) is 3.70. The molecule has 1 amide bonds. The first-order valence-corrected chi connectivity index (χ1v) is 11.0. The summed E-state index contributed by atoms with van der Waals surface area (Å²) in [5.41, 5.74) is 2.67. The van der Waals surface area contributed by atoms with Crippen molar-refractivity contribution in [3.63, 3.8) is 0 Å². The largest absolute Gasteiger partial charge is 0.495 e. The molecule has 0 radical (unpaired) electrons. The summed E-state index contributed by atoms with van der Waals surface area (Å²) >= 11 is 3.50. The summed E-state index contributed by atoms with van der Waals surface area (Å²) in [6, 6.07) is 8.05. The number of nitrogens with zero attached hydrogens (tertiary/aromatic N) is 4. The average molecular weight is 476 g/mol. The minimum absolute atomic E-state index is 0.0336. The Morgan fingerprint density at radius 2 is 1.83 bits per heavy atom. The smallest absolute Gasteiger partial charge is 0.259 e. The third-order valence-corrected chi connectivity index (χ3v) is 5.69. The molecular formula is C22H30BrN5O2.